The van der Waals surface area contributed by atoms with Gasteiger partial charge in [0.15, 0.2) is 0 Å². The summed E-state index contributed by atoms with van der Waals surface area (Å²) in [4.78, 5) is 26.9. The molecule has 0 bridgehead atoms. The Bertz CT molecular complexity index is 598. The molecule has 0 spiro atoms. The standard InChI is InChI=1S/C19H29N3O2.ClH/c1-12(2)7-15(11-20)21-18(23)17-5-6-22(19(17)24)16-9-13(3)8-14(4)10-16;/h8-10,12,15,17H,5-7,11,20H2,1-4H3,(H,21,23);1H. The number of halogens is 1. The molecule has 1 aliphatic heterocycles. The van der Waals surface area contributed by atoms with Crippen LogP contribution in [0.3, 0.4) is 0 Å². The van der Waals surface area contributed by atoms with Gasteiger partial charge in [0.2, 0.25) is 11.8 Å². The molecule has 3 N–H and O–H groups in total. The molecule has 25 heavy (non-hydrogen) atoms. The van der Waals surface area contributed by atoms with Crippen LogP contribution in [0.15, 0.2) is 18.2 Å². The van der Waals surface area contributed by atoms with Crippen LogP contribution in [0.2, 0.25) is 0 Å². The van der Waals surface area contributed by atoms with Gasteiger partial charge in [-0.1, -0.05) is 19.9 Å². The van der Waals surface area contributed by atoms with Crippen molar-refractivity contribution in [2.45, 2.75) is 46.6 Å². The molecule has 6 heteroatoms. The topological polar surface area (TPSA) is 75.4 Å². The third-order valence-electron chi connectivity index (χ3n) is 4.43. The molecule has 2 unspecified atom stereocenters. The molecule has 1 aliphatic rings. The van der Waals surface area contributed by atoms with E-state index >= 15 is 0 Å². The van der Waals surface area contributed by atoms with E-state index in [0.29, 0.717) is 25.4 Å². The number of hydrogen-bond donors (Lipinski definition) is 2. The first-order valence-corrected chi connectivity index (χ1v) is 8.72. The molecule has 0 saturated carbocycles. The Labute approximate surface area is 156 Å². The minimum absolute atomic E-state index is 0. The molecule has 1 saturated heterocycles. The van der Waals surface area contributed by atoms with E-state index in [-0.39, 0.29) is 30.3 Å². The summed E-state index contributed by atoms with van der Waals surface area (Å²) in [5.74, 6) is -0.460. The summed E-state index contributed by atoms with van der Waals surface area (Å²) in [7, 11) is 0. The summed E-state index contributed by atoms with van der Waals surface area (Å²) in [5, 5.41) is 2.95. The van der Waals surface area contributed by atoms with E-state index in [2.05, 4.69) is 25.2 Å². The normalized spacial score (nSPS) is 18.2. The van der Waals surface area contributed by atoms with Crippen LogP contribution in [-0.2, 0) is 9.59 Å². The lowest BCUT2D eigenvalue weighted by molar-refractivity contribution is -0.132. The molecule has 2 amide bonds. The van der Waals surface area contributed by atoms with Crippen molar-refractivity contribution in [3.8, 4) is 0 Å². The summed E-state index contributed by atoms with van der Waals surface area (Å²) in [6.45, 7) is 9.19. The average molecular weight is 368 g/mol. The van der Waals surface area contributed by atoms with Gasteiger partial charge in [0.25, 0.3) is 0 Å². The number of nitrogens with two attached hydrogens (primary N) is 1. The molecule has 0 radical (unpaired) electrons. The summed E-state index contributed by atoms with van der Waals surface area (Å²) in [6.07, 6.45) is 1.38. The van der Waals surface area contributed by atoms with E-state index in [1.807, 2.05) is 26.0 Å². The lowest BCUT2D eigenvalue weighted by Crippen LogP contribution is -2.45. The molecule has 1 fully saturated rings. The fourth-order valence-corrected chi connectivity index (χ4v) is 3.37. The highest BCUT2D eigenvalue weighted by Crippen LogP contribution is 2.27. The zero-order valence-corrected chi connectivity index (χ0v) is 16.4. The van der Waals surface area contributed by atoms with E-state index < -0.39 is 5.92 Å². The highest BCUT2D eigenvalue weighted by Gasteiger charge is 2.38. The molecule has 0 aliphatic carbocycles. The number of rotatable bonds is 6. The van der Waals surface area contributed by atoms with Gasteiger partial charge >= 0.3 is 0 Å². The van der Waals surface area contributed by atoms with Gasteiger partial charge in [0, 0.05) is 24.8 Å². The van der Waals surface area contributed by atoms with Crippen molar-refractivity contribution in [3.05, 3.63) is 29.3 Å². The Balaban J connectivity index is 0.00000312. The molecule has 2 atom stereocenters. The van der Waals surface area contributed by atoms with Crippen LogP contribution in [-0.4, -0.2) is 30.9 Å². The molecule has 5 nitrogen and oxygen atoms in total. The average Bonchev–Trinajstić information content (AvgIpc) is 2.86. The van der Waals surface area contributed by atoms with Gasteiger partial charge in [-0.25, -0.2) is 0 Å². The Morgan fingerprint density at radius 3 is 2.40 bits per heavy atom. The Kier molecular flexibility index (Phi) is 7.90. The van der Waals surface area contributed by atoms with Gasteiger partial charge in [-0.2, -0.15) is 0 Å². The van der Waals surface area contributed by atoms with Crippen molar-refractivity contribution >= 4 is 29.9 Å². The number of nitrogens with zero attached hydrogens (tertiary/aromatic N) is 1. The minimum Gasteiger partial charge on any atom is -0.351 e. The molecule has 1 heterocycles. The highest BCUT2D eigenvalue weighted by molar-refractivity contribution is 6.09. The van der Waals surface area contributed by atoms with Crippen LogP contribution >= 0.6 is 12.4 Å². The molecular formula is C19H30ClN3O2. The minimum atomic E-state index is -0.605. The van der Waals surface area contributed by atoms with E-state index in [4.69, 9.17) is 5.73 Å². The predicted octanol–water partition coefficient (Wildman–Crippen LogP) is 2.57. The van der Waals surface area contributed by atoms with Crippen molar-refractivity contribution in [2.75, 3.05) is 18.0 Å². The van der Waals surface area contributed by atoms with E-state index in [0.717, 1.165) is 23.2 Å². The van der Waals surface area contributed by atoms with Gasteiger partial charge in [-0.3, -0.25) is 9.59 Å². The third kappa shape index (κ3) is 5.44. The second-order valence-corrected chi connectivity index (χ2v) is 7.25. The summed E-state index contributed by atoms with van der Waals surface area (Å²) in [6, 6.07) is 5.99. The van der Waals surface area contributed by atoms with Crippen LogP contribution in [0, 0.1) is 25.7 Å². The zero-order chi connectivity index (χ0) is 17.9. The fourth-order valence-electron chi connectivity index (χ4n) is 3.37. The molecule has 1 aromatic carbocycles. The lowest BCUT2D eigenvalue weighted by Gasteiger charge is -2.21. The first-order chi connectivity index (χ1) is 11.3. The number of aryl methyl sites for hydroxylation is 2. The molecule has 0 aromatic heterocycles. The van der Waals surface area contributed by atoms with Gasteiger partial charge in [-0.05, 0) is 55.9 Å². The lowest BCUT2D eigenvalue weighted by atomic mass is 10.0. The van der Waals surface area contributed by atoms with Crippen LogP contribution in [0.1, 0.15) is 37.8 Å². The SMILES string of the molecule is Cc1cc(C)cc(N2CCC(C(=O)NC(CN)CC(C)C)C2=O)c1.Cl. The van der Waals surface area contributed by atoms with Gasteiger partial charge < -0.3 is 16.0 Å². The quantitative estimate of drug-likeness (QED) is 0.759. The molecular weight excluding hydrogens is 338 g/mol. The number of carbonyl (C=O) groups excluding carboxylic acids is 2. The number of hydrogen-bond acceptors (Lipinski definition) is 3. The molecule has 1 aromatic rings. The van der Waals surface area contributed by atoms with E-state index in [1.165, 1.54) is 0 Å². The van der Waals surface area contributed by atoms with Crippen molar-refractivity contribution in [1.29, 1.82) is 0 Å². The maximum Gasteiger partial charge on any atom is 0.239 e. The third-order valence-corrected chi connectivity index (χ3v) is 4.43. The van der Waals surface area contributed by atoms with Crippen molar-refractivity contribution < 1.29 is 9.59 Å². The predicted molar refractivity (Wildman–Crippen MR) is 104 cm³/mol. The number of anilines is 1. The fraction of sp³-hybridized carbons (Fsp3) is 0.579. The first-order valence-electron chi connectivity index (χ1n) is 8.72. The Morgan fingerprint density at radius 2 is 1.88 bits per heavy atom. The molecule has 2 rings (SSSR count). The number of carbonyl (C=O) groups is 2. The van der Waals surface area contributed by atoms with Crippen molar-refractivity contribution in [2.24, 2.45) is 17.6 Å². The maximum absolute atomic E-state index is 12.7. The van der Waals surface area contributed by atoms with E-state index in [9.17, 15) is 9.59 Å². The summed E-state index contributed by atoms with van der Waals surface area (Å²) >= 11 is 0. The van der Waals surface area contributed by atoms with Crippen LogP contribution in [0.25, 0.3) is 0 Å². The number of amides is 2. The van der Waals surface area contributed by atoms with Gasteiger partial charge in [0.1, 0.15) is 5.92 Å². The van der Waals surface area contributed by atoms with Crippen LogP contribution < -0.4 is 16.0 Å². The second-order valence-electron chi connectivity index (χ2n) is 7.25. The largest absolute Gasteiger partial charge is 0.351 e. The highest BCUT2D eigenvalue weighted by atomic mass is 35.5. The Hall–Kier alpha value is -1.59. The van der Waals surface area contributed by atoms with Crippen molar-refractivity contribution in [1.82, 2.24) is 5.32 Å². The van der Waals surface area contributed by atoms with E-state index in [1.54, 1.807) is 4.90 Å². The Morgan fingerprint density at radius 1 is 1.28 bits per heavy atom. The zero-order valence-electron chi connectivity index (χ0n) is 15.5. The van der Waals surface area contributed by atoms with Gasteiger partial charge in [0.05, 0.1) is 0 Å². The summed E-state index contributed by atoms with van der Waals surface area (Å²) in [5.41, 5.74) is 8.86. The second kappa shape index (κ2) is 9.20. The van der Waals surface area contributed by atoms with Crippen LogP contribution in [0.5, 0.6) is 0 Å². The monoisotopic (exact) mass is 367 g/mol. The van der Waals surface area contributed by atoms with Gasteiger partial charge in [-0.15, -0.1) is 12.4 Å². The van der Waals surface area contributed by atoms with Crippen molar-refractivity contribution in [3.63, 3.8) is 0 Å². The molecule has 140 valence electrons. The first kappa shape index (κ1) is 21.5. The smallest absolute Gasteiger partial charge is 0.239 e. The van der Waals surface area contributed by atoms with Crippen LogP contribution in [0.4, 0.5) is 5.69 Å². The number of benzene rings is 1. The summed E-state index contributed by atoms with van der Waals surface area (Å²) < 4.78 is 0. The number of nitrogens with one attached hydrogen (secondary N) is 1. The maximum atomic E-state index is 12.7.